The highest BCUT2D eigenvalue weighted by Crippen LogP contribution is 2.35. The van der Waals surface area contributed by atoms with Crippen LogP contribution in [0.2, 0.25) is 0 Å². The summed E-state index contributed by atoms with van der Waals surface area (Å²) in [6, 6.07) is 17.5. The number of likely N-dealkylation sites (tertiary alicyclic amines) is 1. The molecule has 4 aromatic rings. The summed E-state index contributed by atoms with van der Waals surface area (Å²) in [6.45, 7) is 10.3. The lowest BCUT2D eigenvalue weighted by Gasteiger charge is -2.41. The predicted molar refractivity (Wildman–Crippen MR) is 172 cm³/mol. The number of likely N-dealkylation sites (N-methyl/N-ethyl adjacent to an activating group) is 2. The first-order valence-electron chi connectivity index (χ1n) is 15.3. The maximum Gasteiger partial charge on any atom is 0.236 e. The molecule has 7 rings (SSSR count). The third kappa shape index (κ3) is 6.99. The van der Waals surface area contributed by atoms with Gasteiger partial charge in [0.25, 0.3) is 0 Å². The van der Waals surface area contributed by atoms with E-state index in [0.717, 1.165) is 67.4 Å². The highest BCUT2D eigenvalue weighted by Gasteiger charge is 2.35. The highest BCUT2D eigenvalue weighted by atomic mass is 16.5. The van der Waals surface area contributed by atoms with E-state index in [4.69, 9.17) is 15.6 Å². The fourth-order valence-corrected chi connectivity index (χ4v) is 5.65. The molecule has 0 atom stereocenters. The van der Waals surface area contributed by atoms with Crippen molar-refractivity contribution in [3.05, 3.63) is 60.9 Å². The van der Waals surface area contributed by atoms with Crippen LogP contribution >= 0.6 is 0 Å². The number of nitrogens with zero attached hydrogens (tertiary/aromatic N) is 8. The molecule has 2 aromatic heterocycles. The zero-order valence-corrected chi connectivity index (χ0v) is 25.6. The smallest absolute Gasteiger partial charge is 0.236 e. The van der Waals surface area contributed by atoms with Crippen LogP contribution in [0.25, 0.3) is 22.3 Å². The number of hydrogen-bond acceptors (Lipinski definition) is 10. The second-order valence-corrected chi connectivity index (χ2v) is 11.8. The number of aromatic nitrogens is 4. The van der Waals surface area contributed by atoms with Crippen LogP contribution in [0.3, 0.4) is 0 Å². The summed E-state index contributed by atoms with van der Waals surface area (Å²) >= 11 is 0. The van der Waals surface area contributed by atoms with E-state index in [1.54, 1.807) is 0 Å². The topological polar surface area (TPSA) is 121 Å². The van der Waals surface area contributed by atoms with Gasteiger partial charge in [0, 0.05) is 71.0 Å². The first kappa shape index (κ1) is 29.9. The Labute approximate surface area is 258 Å². The van der Waals surface area contributed by atoms with Gasteiger partial charge >= 0.3 is 0 Å². The second kappa shape index (κ2) is 13.7. The summed E-state index contributed by atoms with van der Waals surface area (Å²) in [4.78, 5) is 30.3. The Morgan fingerprint density at radius 3 is 2.20 bits per heavy atom. The zero-order valence-electron chi connectivity index (χ0n) is 25.6. The first-order chi connectivity index (χ1) is 21.4. The number of fused-ring (bicyclic) bond motifs is 1. The Bertz CT molecular complexity index is 1520. The molecule has 12 heteroatoms. The fraction of sp³-hybridized carbons (Fsp3) is 0.438. The normalized spacial score (nSPS) is 18.5. The lowest BCUT2D eigenvalue weighted by molar-refractivity contribution is -0.138. The van der Waals surface area contributed by atoms with Gasteiger partial charge < -0.3 is 30.5 Å². The number of nitrogen functional groups attached to an aromatic ring is 1. The summed E-state index contributed by atoms with van der Waals surface area (Å²) < 4.78 is 7.83. The molecule has 0 aliphatic carbocycles. The number of ether oxygens (including phenoxy) is 1. The number of benzene rings is 2. The molecule has 12 nitrogen and oxygen atoms in total. The Morgan fingerprint density at radius 2 is 1.55 bits per heavy atom. The molecule has 0 bridgehead atoms. The molecule has 5 heterocycles. The van der Waals surface area contributed by atoms with E-state index in [9.17, 15) is 4.79 Å². The van der Waals surface area contributed by atoms with Crippen LogP contribution in [-0.2, 0) is 4.79 Å². The minimum Gasteiger partial charge on any atom is -0.457 e. The molecule has 3 N–H and O–H groups in total. The van der Waals surface area contributed by atoms with Crippen molar-refractivity contribution in [1.82, 2.24) is 44.7 Å². The van der Waals surface area contributed by atoms with Gasteiger partial charge in [0.15, 0.2) is 5.65 Å². The average Bonchev–Trinajstić information content (AvgIpc) is 3.40. The van der Waals surface area contributed by atoms with E-state index in [0.29, 0.717) is 31.1 Å². The van der Waals surface area contributed by atoms with Crippen molar-refractivity contribution in [2.45, 2.75) is 6.04 Å². The lowest BCUT2D eigenvalue weighted by atomic mass is 10.1. The van der Waals surface area contributed by atoms with E-state index >= 15 is 0 Å². The standard InChI is InChI=1S/C27H30N8O2.C5H12N2/c1-32-11-13-33(14-12-32)17-23(36)34-15-20(16-34)35-27-24(26(28)29-18-30-27)25(31-35)19-7-9-22(10-8-19)37-21-5-3-2-4-6-21;1-7-4-2-6-3-5-7/h2-10,18,20H,11-17H2,1H3,(H2,28,29,30);6H,2-5H2,1H3. The SMILES string of the molecule is CN1CCN(CC(=O)N2CC(n3nc(-c4ccc(Oc5ccccc5)cc4)c4c(N)ncnc43)C2)CC1.CN1CCNCC1. The van der Waals surface area contributed by atoms with Crippen LogP contribution in [0.4, 0.5) is 5.82 Å². The van der Waals surface area contributed by atoms with Gasteiger partial charge in [-0.1, -0.05) is 18.2 Å². The quantitative estimate of drug-likeness (QED) is 0.341. The highest BCUT2D eigenvalue weighted by molar-refractivity contribution is 5.98. The molecule has 44 heavy (non-hydrogen) atoms. The Morgan fingerprint density at radius 1 is 0.886 bits per heavy atom. The first-order valence-corrected chi connectivity index (χ1v) is 15.3. The maximum absolute atomic E-state index is 12.8. The van der Waals surface area contributed by atoms with Gasteiger partial charge in [-0.25, -0.2) is 14.6 Å². The van der Waals surface area contributed by atoms with Crippen LogP contribution in [-0.4, -0.2) is 131 Å². The van der Waals surface area contributed by atoms with Crippen molar-refractivity contribution in [1.29, 1.82) is 0 Å². The van der Waals surface area contributed by atoms with Gasteiger partial charge in [-0.15, -0.1) is 0 Å². The third-order valence-corrected chi connectivity index (χ3v) is 8.48. The van der Waals surface area contributed by atoms with Crippen LogP contribution in [0.1, 0.15) is 6.04 Å². The molecule has 0 spiro atoms. The molecule has 3 fully saturated rings. The number of carbonyl (C=O) groups excluding carboxylic acids is 1. The maximum atomic E-state index is 12.8. The molecule has 3 aliphatic heterocycles. The number of hydrogen-bond donors (Lipinski definition) is 2. The van der Waals surface area contributed by atoms with Crippen molar-refractivity contribution in [2.24, 2.45) is 0 Å². The Kier molecular flexibility index (Phi) is 9.31. The third-order valence-electron chi connectivity index (χ3n) is 8.48. The molecule has 3 saturated heterocycles. The van der Waals surface area contributed by atoms with E-state index < -0.39 is 0 Å². The molecule has 0 unspecified atom stereocenters. The number of nitrogens with two attached hydrogens (primary N) is 1. The van der Waals surface area contributed by atoms with Gasteiger partial charge in [-0.3, -0.25) is 9.69 Å². The van der Waals surface area contributed by atoms with Crippen molar-refractivity contribution in [3.8, 4) is 22.8 Å². The predicted octanol–water partition coefficient (Wildman–Crippen LogP) is 2.02. The van der Waals surface area contributed by atoms with Crippen molar-refractivity contribution in [3.63, 3.8) is 0 Å². The number of carbonyl (C=O) groups is 1. The molecular weight excluding hydrogens is 556 g/mol. The minimum atomic E-state index is 0.0441. The van der Waals surface area contributed by atoms with Crippen LogP contribution in [0.5, 0.6) is 11.5 Å². The van der Waals surface area contributed by atoms with Gasteiger partial charge in [-0.2, -0.15) is 5.10 Å². The molecule has 232 valence electrons. The number of piperazine rings is 2. The van der Waals surface area contributed by atoms with Gasteiger partial charge in [0.05, 0.1) is 18.0 Å². The van der Waals surface area contributed by atoms with Gasteiger partial charge in [-0.05, 0) is 50.5 Å². The zero-order chi connectivity index (χ0) is 30.5. The van der Waals surface area contributed by atoms with Gasteiger partial charge in [0.1, 0.15) is 29.3 Å². The molecule has 0 saturated carbocycles. The largest absolute Gasteiger partial charge is 0.457 e. The van der Waals surface area contributed by atoms with E-state index in [2.05, 4.69) is 44.1 Å². The van der Waals surface area contributed by atoms with Crippen molar-refractivity contribution >= 4 is 22.8 Å². The molecular formula is C32H42N10O2. The van der Waals surface area contributed by atoms with Crippen LogP contribution in [0, 0.1) is 0 Å². The molecule has 3 aliphatic rings. The minimum absolute atomic E-state index is 0.0441. The number of amides is 1. The number of para-hydroxylation sites is 1. The Hall–Kier alpha value is -4.10. The second-order valence-electron chi connectivity index (χ2n) is 11.8. The van der Waals surface area contributed by atoms with E-state index in [1.165, 1.54) is 19.4 Å². The van der Waals surface area contributed by atoms with E-state index in [-0.39, 0.29) is 11.9 Å². The summed E-state index contributed by atoms with van der Waals surface area (Å²) in [5.74, 6) is 2.06. The summed E-state index contributed by atoms with van der Waals surface area (Å²) in [5.41, 5.74) is 8.59. The Balaban J connectivity index is 0.000000433. The van der Waals surface area contributed by atoms with E-state index in [1.807, 2.05) is 64.2 Å². The summed E-state index contributed by atoms with van der Waals surface area (Å²) in [7, 11) is 4.27. The lowest BCUT2D eigenvalue weighted by Crippen LogP contribution is -2.55. The average molecular weight is 599 g/mol. The summed E-state index contributed by atoms with van der Waals surface area (Å²) in [5, 5.41) is 8.91. The summed E-state index contributed by atoms with van der Waals surface area (Å²) in [6.07, 6.45) is 1.46. The van der Waals surface area contributed by atoms with Crippen LogP contribution < -0.4 is 15.8 Å². The molecule has 1 amide bonds. The number of rotatable bonds is 6. The van der Waals surface area contributed by atoms with Crippen molar-refractivity contribution in [2.75, 3.05) is 91.8 Å². The van der Waals surface area contributed by atoms with Gasteiger partial charge in [0.2, 0.25) is 5.91 Å². The monoisotopic (exact) mass is 598 g/mol. The molecule has 2 aromatic carbocycles. The fourth-order valence-electron chi connectivity index (χ4n) is 5.65. The van der Waals surface area contributed by atoms with Crippen molar-refractivity contribution < 1.29 is 9.53 Å². The number of anilines is 1. The molecule has 0 radical (unpaired) electrons. The van der Waals surface area contributed by atoms with Crippen LogP contribution in [0.15, 0.2) is 60.9 Å². The number of nitrogens with one attached hydrogen (secondary N) is 1.